The topological polar surface area (TPSA) is 84.9 Å². The Labute approximate surface area is 90.0 Å². The van der Waals surface area contributed by atoms with Crippen LogP contribution in [0.2, 0.25) is 0 Å². The van der Waals surface area contributed by atoms with Gasteiger partial charge in [0.1, 0.15) is 5.54 Å². The Bertz CT molecular complexity index is 321. The number of nitrogens with one attached hydrogen (secondary N) is 1. The summed E-state index contributed by atoms with van der Waals surface area (Å²) in [5.74, 6) is -0.00968. The average molecular weight is 209 g/mol. The Kier molecular flexibility index (Phi) is 3.66. The first kappa shape index (κ1) is 11.9. The van der Waals surface area contributed by atoms with Crippen molar-refractivity contribution in [2.45, 2.75) is 25.8 Å². The molecule has 0 aliphatic heterocycles. The fourth-order valence-corrected chi connectivity index (χ4v) is 1.87. The molecule has 0 saturated carbocycles. The fourth-order valence-electron chi connectivity index (χ4n) is 1.87. The van der Waals surface area contributed by atoms with E-state index in [0.717, 1.165) is 12.1 Å². The second-order valence-electron chi connectivity index (χ2n) is 3.99. The van der Waals surface area contributed by atoms with Crippen LogP contribution in [0.3, 0.4) is 0 Å². The molecule has 0 bridgehead atoms. The van der Waals surface area contributed by atoms with Gasteiger partial charge >= 0.3 is 0 Å². The van der Waals surface area contributed by atoms with Crippen LogP contribution in [0.25, 0.3) is 0 Å². The SMILES string of the molecule is CC(=O)C(N)(c1ccc[nH]1)C(C)CCN. The van der Waals surface area contributed by atoms with Crippen LogP contribution < -0.4 is 11.5 Å². The zero-order valence-corrected chi connectivity index (χ0v) is 9.29. The first-order valence-electron chi connectivity index (χ1n) is 5.17. The molecule has 1 heterocycles. The number of hydrogen-bond donors (Lipinski definition) is 3. The standard InChI is InChI=1S/C11H19N3O/c1-8(5-6-12)11(13,9(2)15)10-4-3-7-14-10/h3-4,7-8,14H,5-6,12-13H2,1-2H3. The lowest BCUT2D eigenvalue weighted by atomic mass is 9.78. The number of nitrogens with two attached hydrogens (primary N) is 2. The van der Waals surface area contributed by atoms with Crippen molar-refractivity contribution in [2.24, 2.45) is 17.4 Å². The minimum Gasteiger partial charge on any atom is -0.363 e. The van der Waals surface area contributed by atoms with E-state index in [4.69, 9.17) is 11.5 Å². The predicted molar refractivity (Wildman–Crippen MR) is 60.2 cm³/mol. The van der Waals surface area contributed by atoms with Gasteiger partial charge in [0.15, 0.2) is 5.78 Å². The average Bonchev–Trinajstić information content (AvgIpc) is 2.69. The van der Waals surface area contributed by atoms with E-state index in [1.165, 1.54) is 6.92 Å². The van der Waals surface area contributed by atoms with E-state index >= 15 is 0 Å². The Hall–Kier alpha value is -1.13. The molecule has 0 radical (unpaired) electrons. The van der Waals surface area contributed by atoms with Gasteiger partial charge < -0.3 is 16.5 Å². The summed E-state index contributed by atoms with van der Waals surface area (Å²) in [4.78, 5) is 14.7. The highest BCUT2D eigenvalue weighted by Crippen LogP contribution is 2.28. The number of H-pyrrole nitrogens is 1. The Morgan fingerprint density at radius 3 is 2.73 bits per heavy atom. The van der Waals surface area contributed by atoms with Crippen LogP contribution in [0, 0.1) is 5.92 Å². The van der Waals surface area contributed by atoms with Crippen LogP contribution in [0.4, 0.5) is 0 Å². The number of aromatic amines is 1. The summed E-state index contributed by atoms with van der Waals surface area (Å²) in [7, 11) is 0. The number of carbonyl (C=O) groups excluding carboxylic acids is 1. The van der Waals surface area contributed by atoms with Crippen LogP contribution in [0.5, 0.6) is 0 Å². The van der Waals surface area contributed by atoms with E-state index in [0.29, 0.717) is 6.54 Å². The number of ketones is 1. The zero-order chi connectivity index (χ0) is 11.5. The number of aromatic nitrogens is 1. The third-order valence-electron chi connectivity index (χ3n) is 3.00. The summed E-state index contributed by atoms with van der Waals surface area (Å²) in [5, 5.41) is 0. The Morgan fingerprint density at radius 1 is 1.67 bits per heavy atom. The minimum absolute atomic E-state index is 0.0265. The van der Waals surface area contributed by atoms with Crippen molar-refractivity contribution in [3.8, 4) is 0 Å². The smallest absolute Gasteiger partial charge is 0.155 e. The van der Waals surface area contributed by atoms with Crippen LogP contribution in [-0.4, -0.2) is 17.3 Å². The van der Waals surface area contributed by atoms with E-state index in [1.54, 1.807) is 6.20 Å². The largest absolute Gasteiger partial charge is 0.363 e. The molecule has 2 unspecified atom stereocenters. The lowest BCUT2D eigenvalue weighted by Gasteiger charge is -2.32. The molecule has 2 atom stereocenters. The summed E-state index contributed by atoms with van der Waals surface area (Å²) < 4.78 is 0. The van der Waals surface area contributed by atoms with E-state index in [2.05, 4.69) is 4.98 Å². The molecule has 4 heteroatoms. The molecular formula is C11H19N3O. The van der Waals surface area contributed by atoms with Gasteiger partial charge in [-0.15, -0.1) is 0 Å². The highest BCUT2D eigenvalue weighted by atomic mass is 16.1. The van der Waals surface area contributed by atoms with Crippen molar-refractivity contribution >= 4 is 5.78 Å². The van der Waals surface area contributed by atoms with E-state index < -0.39 is 5.54 Å². The molecule has 0 aromatic carbocycles. The molecule has 1 rings (SSSR count). The maximum atomic E-state index is 11.7. The quantitative estimate of drug-likeness (QED) is 0.668. The lowest BCUT2D eigenvalue weighted by Crippen LogP contribution is -2.50. The molecule has 4 nitrogen and oxygen atoms in total. The summed E-state index contributed by atoms with van der Waals surface area (Å²) >= 11 is 0. The van der Waals surface area contributed by atoms with Gasteiger partial charge in [0.05, 0.1) is 0 Å². The zero-order valence-electron chi connectivity index (χ0n) is 9.29. The van der Waals surface area contributed by atoms with Crippen molar-refractivity contribution in [1.29, 1.82) is 0 Å². The van der Waals surface area contributed by atoms with Gasteiger partial charge in [-0.25, -0.2) is 0 Å². The summed E-state index contributed by atoms with van der Waals surface area (Å²) in [5.41, 5.74) is 11.5. The summed E-state index contributed by atoms with van der Waals surface area (Å²) in [6.45, 7) is 4.01. The molecule has 15 heavy (non-hydrogen) atoms. The van der Waals surface area contributed by atoms with Gasteiger partial charge in [-0.05, 0) is 37.9 Å². The number of rotatable bonds is 5. The van der Waals surface area contributed by atoms with Gasteiger partial charge in [0.25, 0.3) is 0 Å². The molecule has 0 amide bonds. The van der Waals surface area contributed by atoms with E-state index in [1.807, 2.05) is 19.1 Å². The summed E-state index contributed by atoms with van der Waals surface area (Å²) in [6, 6.07) is 3.68. The number of hydrogen-bond acceptors (Lipinski definition) is 3. The normalized spacial score (nSPS) is 17.1. The third kappa shape index (κ3) is 2.11. The van der Waals surface area contributed by atoms with Gasteiger partial charge in [-0.2, -0.15) is 0 Å². The van der Waals surface area contributed by atoms with Crippen molar-refractivity contribution in [2.75, 3.05) is 6.54 Å². The molecule has 1 aromatic rings. The first-order valence-corrected chi connectivity index (χ1v) is 5.17. The Balaban J connectivity index is 3.04. The molecular weight excluding hydrogens is 190 g/mol. The molecule has 5 N–H and O–H groups in total. The van der Waals surface area contributed by atoms with Crippen molar-refractivity contribution in [3.63, 3.8) is 0 Å². The van der Waals surface area contributed by atoms with E-state index in [-0.39, 0.29) is 11.7 Å². The molecule has 0 aliphatic carbocycles. The third-order valence-corrected chi connectivity index (χ3v) is 3.00. The second kappa shape index (κ2) is 4.59. The van der Waals surface area contributed by atoms with Crippen molar-refractivity contribution < 1.29 is 4.79 Å². The van der Waals surface area contributed by atoms with Crippen LogP contribution in [0.1, 0.15) is 26.0 Å². The highest BCUT2D eigenvalue weighted by Gasteiger charge is 2.38. The first-order chi connectivity index (χ1) is 7.03. The van der Waals surface area contributed by atoms with E-state index in [9.17, 15) is 4.79 Å². The molecule has 1 aromatic heterocycles. The number of Topliss-reactive ketones (excluding diaryl/α,β-unsaturated/α-hetero) is 1. The predicted octanol–water partition coefficient (Wildman–Crippen LogP) is 0.743. The second-order valence-corrected chi connectivity index (χ2v) is 3.99. The van der Waals surface area contributed by atoms with Crippen molar-refractivity contribution in [3.05, 3.63) is 24.0 Å². The fraction of sp³-hybridized carbons (Fsp3) is 0.545. The molecule has 0 aliphatic rings. The number of carbonyl (C=O) groups is 1. The monoisotopic (exact) mass is 209 g/mol. The molecule has 84 valence electrons. The van der Waals surface area contributed by atoms with Gasteiger partial charge in [0, 0.05) is 11.9 Å². The van der Waals surface area contributed by atoms with Gasteiger partial charge in [-0.3, -0.25) is 4.79 Å². The maximum Gasteiger partial charge on any atom is 0.155 e. The van der Waals surface area contributed by atoms with Crippen molar-refractivity contribution in [1.82, 2.24) is 4.98 Å². The van der Waals surface area contributed by atoms with Gasteiger partial charge in [-0.1, -0.05) is 6.92 Å². The molecule has 0 fully saturated rings. The maximum absolute atomic E-state index is 11.7. The Morgan fingerprint density at radius 2 is 2.33 bits per heavy atom. The van der Waals surface area contributed by atoms with Crippen LogP contribution >= 0.6 is 0 Å². The van der Waals surface area contributed by atoms with Gasteiger partial charge in [0.2, 0.25) is 0 Å². The minimum atomic E-state index is -0.942. The van der Waals surface area contributed by atoms with Crippen LogP contribution in [0.15, 0.2) is 18.3 Å². The highest BCUT2D eigenvalue weighted by molar-refractivity contribution is 5.87. The van der Waals surface area contributed by atoms with Crippen LogP contribution in [-0.2, 0) is 10.3 Å². The lowest BCUT2D eigenvalue weighted by molar-refractivity contribution is -0.124. The molecule has 0 spiro atoms. The molecule has 0 saturated heterocycles. The summed E-state index contributed by atoms with van der Waals surface area (Å²) in [6.07, 6.45) is 2.50.